The number of nitrogens with zero attached hydrogens (tertiary/aromatic N) is 4. The number of benzene rings is 1. The summed E-state index contributed by atoms with van der Waals surface area (Å²) in [6.45, 7) is 3.94. The second-order valence-electron chi connectivity index (χ2n) is 5.81. The van der Waals surface area contributed by atoms with Crippen LogP contribution in [0.2, 0.25) is 0 Å². The molecule has 7 nitrogen and oxygen atoms in total. The summed E-state index contributed by atoms with van der Waals surface area (Å²) in [4.78, 5) is 20.2. The fraction of sp³-hybridized carbons (Fsp3) is 0.222. The molecule has 0 N–H and O–H groups in total. The Bertz CT molecular complexity index is 1130. The molecule has 4 aromatic rings. The molecule has 0 radical (unpaired) electrons. The predicted molar refractivity (Wildman–Crippen MR) is 92.1 cm³/mol. The van der Waals surface area contributed by atoms with Crippen LogP contribution in [0.15, 0.2) is 45.9 Å². The summed E-state index contributed by atoms with van der Waals surface area (Å²) < 4.78 is 12.8. The molecular formula is C18H16N4O3. The van der Waals surface area contributed by atoms with Crippen molar-refractivity contribution in [2.45, 2.75) is 26.7 Å². The first-order valence-corrected chi connectivity index (χ1v) is 8.06. The van der Waals surface area contributed by atoms with Crippen molar-refractivity contribution in [3.8, 4) is 11.6 Å². The zero-order valence-corrected chi connectivity index (χ0v) is 13.9. The summed E-state index contributed by atoms with van der Waals surface area (Å²) in [5, 5.41) is 5.04. The molecule has 0 aliphatic rings. The Hall–Kier alpha value is -3.22. The lowest BCUT2D eigenvalue weighted by Crippen LogP contribution is -2.01. The number of hydrogen-bond acceptors (Lipinski definition) is 6. The maximum atomic E-state index is 11.8. The number of fused-ring (bicyclic) bond motifs is 2. The minimum atomic E-state index is -0.355. The van der Waals surface area contributed by atoms with Gasteiger partial charge in [-0.05, 0) is 31.0 Å². The molecule has 0 spiro atoms. The van der Waals surface area contributed by atoms with Crippen molar-refractivity contribution < 1.29 is 9.15 Å². The number of ether oxygens (including phenoxy) is 1. The third-order valence-corrected chi connectivity index (χ3v) is 3.89. The normalized spacial score (nSPS) is 11.3. The minimum Gasteiger partial charge on any atom is -0.439 e. The van der Waals surface area contributed by atoms with Crippen LogP contribution in [0.3, 0.4) is 0 Å². The van der Waals surface area contributed by atoms with E-state index in [9.17, 15) is 4.79 Å². The maximum absolute atomic E-state index is 11.8. The maximum Gasteiger partial charge on any atom is 0.336 e. The Labute approximate surface area is 142 Å². The Morgan fingerprint density at radius 1 is 1.24 bits per heavy atom. The quantitative estimate of drug-likeness (QED) is 0.532. The number of aromatic nitrogens is 4. The highest BCUT2D eigenvalue weighted by Crippen LogP contribution is 2.27. The molecule has 0 unspecified atom stereocenters. The van der Waals surface area contributed by atoms with Gasteiger partial charge in [-0.1, -0.05) is 13.3 Å². The molecule has 126 valence electrons. The average molecular weight is 336 g/mol. The van der Waals surface area contributed by atoms with Crippen molar-refractivity contribution in [1.82, 2.24) is 19.6 Å². The molecule has 0 amide bonds. The van der Waals surface area contributed by atoms with Gasteiger partial charge in [-0.25, -0.2) is 9.78 Å². The zero-order chi connectivity index (χ0) is 17.4. The van der Waals surface area contributed by atoms with Crippen LogP contribution >= 0.6 is 0 Å². The smallest absolute Gasteiger partial charge is 0.336 e. The van der Waals surface area contributed by atoms with Crippen molar-refractivity contribution in [3.63, 3.8) is 0 Å². The van der Waals surface area contributed by atoms with Gasteiger partial charge in [0.15, 0.2) is 0 Å². The second-order valence-corrected chi connectivity index (χ2v) is 5.81. The minimum absolute atomic E-state index is 0.355. The van der Waals surface area contributed by atoms with Crippen LogP contribution in [-0.4, -0.2) is 19.6 Å². The van der Waals surface area contributed by atoms with E-state index in [0.29, 0.717) is 23.0 Å². The van der Waals surface area contributed by atoms with E-state index in [1.807, 2.05) is 19.1 Å². The van der Waals surface area contributed by atoms with E-state index in [4.69, 9.17) is 9.15 Å². The van der Waals surface area contributed by atoms with Gasteiger partial charge in [-0.3, -0.25) is 0 Å². The Kier molecular flexibility index (Phi) is 3.68. The molecule has 0 aliphatic heterocycles. The van der Waals surface area contributed by atoms with Crippen LogP contribution in [0.4, 0.5) is 0 Å². The molecule has 3 aromatic heterocycles. The number of hydrogen-bond donors (Lipinski definition) is 0. The van der Waals surface area contributed by atoms with Gasteiger partial charge in [0, 0.05) is 29.3 Å². The summed E-state index contributed by atoms with van der Waals surface area (Å²) in [5.41, 5.74) is 1.91. The standard InChI is InChI=1S/C18H16N4O3/c1-3-4-12-8-17(23)25-15-9-13(5-6-14(12)15)24-16-7-11(2)21-18-19-10-20-22(16)18/h5-10H,3-4H2,1-2H3. The van der Waals surface area contributed by atoms with Crippen LogP contribution in [0, 0.1) is 6.92 Å². The van der Waals surface area contributed by atoms with Gasteiger partial charge in [-0.15, -0.1) is 0 Å². The van der Waals surface area contributed by atoms with E-state index < -0.39 is 0 Å². The van der Waals surface area contributed by atoms with E-state index in [-0.39, 0.29) is 5.63 Å². The first kappa shape index (κ1) is 15.3. The van der Waals surface area contributed by atoms with Gasteiger partial charge < -0.3 is 9.15 Å². The molecule has 0 fully saturated rings. The lowest BCUT2D eigenvalue weighted by Gasteiger charge is -2.09. The third kappa shape index (κ3) is 2.84. The largest absolute Gasteiger partial charge is 0.439 e. The number of rotatable bonds is 4. The van der Waals surface area contributed by atoms with Gasteiger partial charge in [-0.2, -0.15) is 14.6 Å². The van der Waals surface area contributed by atoms with Crippen molar-refractivity contribution in [2.24, 2.45) is 0 Å². The third-order valence-electron chi connectivity index (χ3n) is 3.89. The first-order chi connectivity index (χ1) is 12.1. The molecular weight excluding hydrogens is 320 g/mol. The molecule has 0 saturated heterocycles. The van der Waals surface area contributed by atoms with Gasteiger partial charge in [0.2, 0.25) is 5.88 Å². The highest BCUT2D eigenvalue weighted by molar-refractivity contribution is 5.81. The molecule has 7 heteroatoms. The topological polar surface area (TPSA) is 82.5 Å². The lowest BCUT2D eigenvalue weighted by molar-refractivity contribution is 0.444. The molecule has 0 aliphatic carbocycles. The molecule has 0 saturated carbocycles. The van der Waals surface area contributed by atoms with Crippen molar-refractivity contribution in [2.75, 3.05) is 0 Å². The predicted octanol–water partition coefficient (Wildman–Crippen LogP) is 3.28. The second kappa shape index (κ2) is 6.01. The van der Waals surface area contributed by atoms with Crippen LogP contribution in [0.5, 0.6) is 11.6 Å². The molecule has 3 heterocycles. The Balaban J connectivity index is 1.79. The van der Waals surface area contributed by atoms with E-state index in [1.54, 1.807) is 18.2 Å². The SMILES string of the molecule is CCCc1cc(=O)oc2cc(Oc3cc(C)nc4ncnn34)ccc12. The van der Waals surface area contributed by atoms with Crippen LogP contribution in [0.25, 0.3) is 16.7 Å². The molecule has 0 bridgehead atoms. The van der Waals surface area contributed by atoms with E-state index >= 15 is 0 Å². The van der Waals surface area contributed by atoms with E-state index in [1.165, 1.54) is 10.8 Å². The molecule has 4 rings (SSSR count). The first-order valence-electron chi connectivity index (χ1n) is 8.06. The summed E-state index contributed by atoms with van der Waals surface area (Å²) in [6.07, 6.45) is 3.20. The number of aryl methyl sites for hydroxylation is 2. The summed E-state index contributed by atoms with van der Waals surface area (Å²) in [5.74, 6) is 1.51. The van der Waals surface area contributed by atoms with Crippen molar-refractivity contribution >= 4 is 16.7 Å². The van der Waals surface area contributed by atoms with Crippen molar-refractivity contribution in [3.05, 3.63) is 58.3 Å². The van der Waals surface area contributed by atoms with Crippen LogP contribution in [0.1, 0.15) is 24.6 Å². The summed E-state index contributed by atoms with van der Waals surface area (Å²) in [6, 6.07) is 8.80. The Morgan fingerprint density at radius 2 is 2.12 bits per heavy atom. The fourth-order valence-corrected chi connectivity index (χ4v) is 2.84. The van der Waals surface area contributed by atoms with Crippen molar-refractivity contribution in [1.29, 1.82) is 0 Å². The van der Waals surface area contributed by atoms with E-state index in [0.717, 1.165) is 29.5 Å². The van der Waals surface area contributed by atoms with Gasteiger partial charge in [0.1, 0.15) is 17.7 Å². The lowest BCUT2D eigenvalue weighted by atomic mass is 10.1. The monoisotopic (exact) mass is 336 g/mol. The molecule has 25 heavy (non-hydrogen) atoms. The summed E-state index contributed by atoms with van der Waals surface area (Å²) >= 11 is 0. The average Bonchev–Trinajstić information content (AvgIpc) is 3.03. The van der Waals surface area contributed by atoms with Crippen LogP contribution < -0.4 is 10.4 Å². The van der Waals surface area contributed by atoms with Gasteiger partial charge in [0.25, 0.3) is 5.78 Å². The van der Waals surface area contributed by atoms with Gasteiger partial charge in [0.05, 0.1) is 0 Å². The summed E-state index contributed by atoms with van der Waals surface area (Å²) in [7, 11) is 0. The van der Waals surface area contributed by atoms with Gasteiger partial charge >= 0.3 is 5.63 Å². The molecule has 1 aromatic carbocycles. The Morgan fingerprint density at radius 3 is 2.96 bits per heavy atom. The van der Waals surface area contributed by atoms with Crippen LogP contribution in [-0.2, 0) is 6.42 Å². The highest BCUT2D eigenvalue weighted by atomic mass is 16.5. The molecule has 0 atom stereocenters. The van der Waals surface area contributed by atoms with E-state index in [2.05, 4.69) is 22.0 Å². The zero-order valence-electron chi connectivity index (χ0n) is 13.9. The fourth-order valence-electron chi connectivity index (χ4n) is 2.84. The highest BCUT2D eigenvalue weighted by Gasteiger charge is 2.10.